The van der Waals surface area contributed by atoms with Gasteiger partial charge in [0.15, 0.2) is 11.5 Å². The number of halogens is 1. The van der Waals surface area contributed by atoms with Gasteiger partial charge in [0, 0.05) is 40.4 Å². The number of aliphatic hydroxyl groups excluding tert-OH is 1. The second-order valence-electron chi connectivity index (χ2n) is 11.3. The van der Waals surface area contributed by atoms with E-state index in [1.54, 1.807) is 36.4 Å². The van der Waals surface area contributed by atoms with Crippen molar-refractivity contribution in [3.05, 3.63) is 52.5 Å². The number of fused-ring (bicyclic) bond motifs is 1. The lowest BCUT2D eigenvalue weighted by Crippen LogP contribution is -2.48. The number of amides is 2. The van der Waals surface area contributed by atoms with Crippen LogP contribution in [0.3, 0.4) is 0 Å². The van der Waals surface area contributed by atoms with Gasteiger partial charge in [0.2, 0.25) is 5.91 Å². The molecule has 0 saturated heterocycles. The number of hydrogen-bond acceptors (Lipinski definition) is 7. The molecule has 0 bridgehead atoms. The number of rotatable bonds is 12. The maximum Gasteiger partial charge on any atom is 0.326 e. The molecule has 10 nitrogen and oxygen atoms in total. The highest BCUT2D eigenvalue weighted by Crippen LogP contribution is 2.45. The van der Waals surface area contributed by atoms with E-state index in [9.17, 15) is 24.6 Å². The van der Waals surface area contributed by atoms with Gasteiger partial charge in [-0.05, 0) is 36.6 Å². The second-order valence-corrected chi connectivity index (χ2v) is 11.8. The van der Waals surface area contributed by atoms with Crippen LogP contribution in [0, 0.1) is 11.3 Å². The maximum absolute atomic E-state index is 14.1. The summed E-state index contributed by atoms with van der Waals surface area (Å²) in [5, 5.41) is 22.6. The lowest BCUT2D eigenvalue weighted by atomic mass is 9.92. The molecule has 0 saturated carbocycles. The van der Waals surface area contributed by atoms with Crippen molar-refractivity contribution in [3.8, 4) is 11.5 Å². The minimum Gasteiger partial charge on any atom is -0.493 e. The van der Waals surface area contributed by atoms with E-state index in [1.165, 1.54) is 19.1 Å². The Labute approximate surface area is 245 Å². The van der Waals surface area contributed by atoms with Crippen molar-refractivity contribution < 1.29 is 38.8 Å². The van der Waals surface area contributed by atoms with Crippen molar-refractivity contribution in [2.45, 2.75) is 58.8 Å². The van der Waals surface area contributed by atoms with Crippen LogP contribution >= 0.6 is 11.6 Å². The first kappa shape index (κ1) is 32.2. The molecule has 0 spiro atoms. The molecule has 2 aromatic rings. The lowest BCUT2D eigenvalue weighted by Gasteiger charge is -2.32. The topological polar surface area (TPSA) is 135 Å². The molecule has 3 rings (SSSR count). The maximum atomic E-state index is 14.1. The predicted molar refractivity (Wildman–Crippen MR) is 155 cm³/mol. The molecule has 3 atom stereocenters. The van der Waals surface area contributed by atoms with Crippen LogP contribution in [-0.2, 0) is 19.1 Å². The minimum absolute atomic E-state index is 0.0209. The number of aliphatic carboxylic acids is 1. The van der Waals surface area contributed by atoms with Crippen LogP contribution < -0.4 is 19.7 Å². The number of aliphatic hydroxyl groups is 1. The third-order valence-corrected chi connectivity index (χ3v) is 7.08. The van der Waals surface area contributed by atoms with Gasteiger partial charge in [-0.1, -0.05) is 51.4 Å². The third-order valence-electron chi connectivity index (χ3n) is 6.85. The molecule has 41 heavy (non-hydrogen) atoms. The number of para-hydroxylation sites is 1. The SMILES string of the molecule is COc1cccc([C@H]2O[C@H](CC(=O)NC(CC(C)C)C(=O)O)C(=O)N(CC(C)(C)CO)c3ccc(Cl)cc32)c1OC. The highest BCUT2D eigenvalue weighted by Gasteiger charge is 2.41. The summed E-state index contributed by atoms with van der Waals surface area (Å²) in [7, 11) is 3.00. The normalized spacial score (nSPS) is 18.0. The zero-order valence-electron chi connectivity index (χ0n) is 24.3. The molecule has 2 aromatic carbocycles. The molecule has 11 heteroatoms. The fourth-order valence-electron chi connectivity index (χ4n) is 4.82. The molecule has 0 radical (unpaired) electrons. The van der Waals surface area contributed by atoms with Crippen LogP contribution in [0.15, 0.2) is 36.4 Å². The molecular formula is C30H39ClN2O8. The summed E-state index contributed by atoms with van der Waals surface area (Å²) >= 11 is 6.43. The number of carbonyl (C=O) groups is 3. The number of hydrogen-bond donors (Lipinski definition) is 3. The van der Waals surface area contributed by atoms with Crippen LogP contribution in [0.4, 0.5) is 5.69 Å². The van der Waals surface area contributed by atoms with Gasteiger partial charge in [-0.15, -0.1) is 0 Å². The summed E-state index contributed by atoms with van der Waals surface area (Å²) in [4.78, 5) is 40.6. The average molecular weight is 591 g/mol. The number of carbonyl (C=O) groups excluding carboxylic acids is 2. The summed E-state index contributed by atoms with van der Waals surface area (Å²) in [5.41, 5.74) is 0.901. The van der Waals surface area contributed by atoms with Gasteiger partial charge in [0.1, 0.15) is 18.2 Å². The van der Waals surface area contributed by atoms with Crippen LogP contribution in [0.5, 0.6) is 11.5 Å². The Morgan fingerprint density at radius 1 is 1.15 bits per heavy atom. The van der Waals surface area contributed by atoms with Gasteiger partial charge in [-0.2, -0.15) is 0 Å². The molecule has 1 heterocycles. The first-order chi connectivity index (χ1) is 19.3. The molecule has 3 N–H and O–H groups in total. The standard InChI is InChI=1S/C30H39ClN2O8/c1-17(2)12-21(29(37)38)32-25(35)14-24-28(36)33(15-30(3,4)16-34)22-11-10-18(31)13-20(22)26(41-24)19-8-7-9-23(39-5)27(19)40-6/h7-11,13,17,21,24,26,34H,12,14-16H2,1-6H3,(H,32,35)(H,37,38)/t21?,24-,26-/m1/s1. The number of methoxy groups -OCH3 is 2. The van der Waals surface area contributed by atoms with Crippen molar-refractivity contribution in [2.24, 2.45) is 11.3 Å². The number of nitrogens with zero attached hydrogens (tertiary/aromatic N) is 1. The first-order valence-electron chi connectivity index (χ1n) is 13.4. The van der Waals surface area contributed by atoms with Crippen molar-refractivity contribution in [1.82, 2.24) is 5.32 Å². The van der Waals surface area contributed by atoms with E-state index in [0.29, 0.717) is 33.3 Å². The third kappa shape index (κ3) is 7.69. The van der Waals surface area contributed by atoms with Crippen LogP contribution in [-0.4, -0.2) is 67.5 Å². The number of anilines is 1. The summed E-state index contributed by atoms with van der Waals surface area (Å²) < 4.78 is 17.6. The van der Waals surface area contributed by atoms with Gasteiger partial charge in [-0.3, -0.25) is 9.59 Å². The van der Waals surface area contributed by atoms with E-state index in [2.05, 4.69) is 5.32 Å². The monoisotopic (exact) mass is 590 g/mol. The highest BCUT2D eigenvalue weighted by atomic mass is 35.5. The van der Waals surface area contributed by atoms with E-state index in [4.69, 9.17) is 25.8 Å². The first-order valence-corrected chi connectivity index (χ1v) is 13.8. The van der Waals surface area contributed by atoms with Crippen molar-refractivity contribution in [2.75, 3.05) is 32.3 Å². The number of ether oxygens (including phenoxy) is 3. The number of carboxylic acids is 1. The Balaban J connectivity index is 2.15. The molecule has 0 aliphatic carbocycles. The summed E-state index contributed by atoms with van der Waals surface area (Å²) in [5.74, 6) is -1.46. The molecule has 224 valence electrons. The summed E-state index contributed by atoms with van der Waals surface area (Å²) in [6.45, 7) is 7.26. The lowest BCUT2D eigenvalue weighted by molar-refractivity contribution is -0.144. The number of benzene rings is 2. The Bertz CT molecular complexity index is 1270. The Morgan fingerprint density at radius 2 is 1.85 bits per heavy atom. The van der Waals surface area contributed by atoms with E-state index in [0.717, 1.165) is 0 Å². The van der Waals surface area contributed by atoms with Crippen LogP contribution in [0.25, 0.3) is 0 Å². The van der Waals surface area contributed by atoms with Crippen LogP contribution in [0.2, 0.25) is 5.02 Å². The van der Waals surface area contributed by atoms with Crippen molar-refractivity contribution in [3.63, 3.8) is 0 Å². The highest BCUT2D eigenvalue weighted by molar-refractivity contribution is 6.30. The van der Waals surface area contributed by atoms with E-state index < -0.39 is 47.9 Å². The fraction of sp³-hybridized carbons (Fsp3) is 0.500. The Morgan fingerprint density at radius 3 is 2.44 bits per heavy atom. The van der Waals surface area contributed by atoms with Crippen LogP contribution in [0.1, 0.15) is 57.8 Å². The zero-order chi connectivity index (χ0) is 30.5. The quantitative estimate of drug-likeness (QED) is 0.335. The summed E-state index contributed by atoms with van der Waals surface area (Å²) in [6, 6.07) is 9.20. The Kier molecular flexibility index (Phi) is 10.6. The van der Waals surface area contributed by atoms with E-state index >= 15 is 0 Å². The van der Waals surface area contributed by atoms with Crippen molar-refractivity contribution in [1.29, 1.82) is 0 Å². The van der Waals surface area contributed by atoms with Gasteiger partial charge in [0.05, 0.1) is 20.6 Å². The predicted octanol–water partition coefficient (Wildman–Crippen LogP) is 4.20. The average Bonchev–Trinajstić information content (AvgIpc) is 3.02. The van der Waals surface area contributed by atoms with Gasteiger partial charge in [-0.25, -0.2) is 4.79 Å². The largest absolute Gasteiger partial charge is 0.493 e. The molecule has 0 aromatic heterocycles. The zero-order valence-corrected chi connectivity index (χ0v) is 25.0. The van der Waals surface area contributed by atoms with Gasteiger partial charge < -0.3 is 34.6 Å². The summed E-state index contributed by atoms with van der Waals surface area (Å²) in [6.07, 6.45) is -2.42. The number of nitrogens with one attached hydrogen (secondary N) is 1. The fourth-order valence-corrected chi connectivity index (χ4v) is 5.00. The minimum atomic E-state index is -1.30. The number of carboxylic acid groups (broad SMARTS) is 1. The van der Waals surface area contributed by atoms with E-state index in [1.807, 2.05) is 27.7 Å². The molecule has 1 aliphatic rings. The smallest absolute Gasteiger partial charge is 0.326 e. The molecule has 0 fully saturated rings. The van der Waals surface area contributed by atoms with E-state index in [-0.39, 0.29) is 25.5 Å². The molecule has 2 amide bonds. The molecular weight excluding hydrogens is 552 g/mol. The van der Waals surface area contributed by atoms with Gasteiger partial charge >= 0.3 is 5.97 Å². The molecule has 1 unspecified atom stereocenters. The Hall–Kier alpha value is -3.34. The molecule has 1 aliphatic heterocycles. The second kappa shape index (κ2) is 13.5. The van der Waals surface area contributed by atoms with Gasteiger partial charge in [0.25, 0.3) is 5.91 Å². The van der Waals surface area contributed by atoms with Crippen molar-refractivity contribution >= 4 is 35.1 Å².